The lowest BCUT2D eigenvalue weighted by Crippen LogP contribution is -2.58. The number of hydrogen-bond donors (Lipinski definition) is 2. The molecule has 1 aromatic carbocycles. The van der Waals surface area contributed by atoms with Crippen molar-refractivity contribution < 1.29 is 18.0 Å². The Bertz CT molecular complexity index is 1070. The first-order valence-electron chi connectivity index (χ1n) is 13.4. The summed E-state index contributed by atoms with van der Waals surface area (Å²) < 4.78 is 25.7. The minimum Gasteiger partial charge on any atom is -0.336 e. The van der Waals surface area contributed by atoms with E-state index in [1.165, 1.54) is 32.6 Å². The molecule has 3 aliphatic rings. The minimum absolute atomic E-state index is 0.0979. The van der Waals surface area contributed by atoms with Crippen molar-refractivity contribution in [2.75, 3.05) is 37.8 Å². The van der Waals surface area contributed by atoms with Crippen LogP contribution >= 0.6 is 0 Å². The molecule has 2 aliphatic heterocycles. The number of rotatable bonds is 7. The van der Waals surface area contributed by atoms with Crippen LogP contribution in [0.15, 0.2) is 18.2 Å². The van der Waals surface area contributed by atoms with Crippen molar-refractivity contribution in [2.45, 2.75) is 77.3 Å². The summed E-state index contributed by atoms with van der Waals surface area (Å²) >= 11 is 0. The first kappa shape index (κ1) is 27.1. The summed E-state index contributed by atoms with van der Waals surface area (Å²) in [5.41, 5.74) is 2.22. The fourth-order valence-electron chi connectivity index (χ4n) is 6.60. The van der Waals surface area contributed by atoms with E-state index < -0.39 is 15.4 Å². The molecular formula is C27H42N4O4S. The quantitative estimate of drug-likeness (QED) is 0.578. The van der Waals surface area contributed by atoms with E-state index >= 15 is 0 Å². The summed E-state index contributed by atoms with van der Waals surface area (Å²) in [7, 11) is -3.33. The van der Waals surface area contributed by atoms with E-state index in [0.29, 0.717) is 19.1 Å². The molecule has 1 saturated carbocycles. The molecule has 1 aliphatic carbocycles. The molecule has 36 heavy (non-hydrogen) atoms. The second kappa shape index (κ2) is 10.8. The van der Waals surface area contributed by atoms with E-state index in [1.54, 1.807) is 4.90 Å². The molecule has 2 fully saturated rings. The largest absolute Gasteiger partial charge is 0.336 e. The maximum Gasteiger partial charge on any atom is 0.233 e. The van der Waals surface area contributed by atoms with Crippen LogP contribution in [0.5, 0.6) is 0 Å². The van der Waals surface area contributed by atoms with Gasteiger partial charge in [-0.1, -0.05) is 19.9 Å². The Morgan fingerprint density at radius 3 is 2.39 bits per heavy atom. The second-order valence-corrected chi connectivity index (χ2v) is 13.2. The Balaban J connectivity index is 1.53. The highest BCUT2D eigenvalue weighted by Crippen LogP contribution is 2.45. The first-order chi connectivity index (χ1) is 17.0. The molecular weight excluding hydrogens is 476 g/mol. The van der Waals surface area contributed by atoms with Crippen LogP contribution in [0, 0.1) is 11.8 Å². The van der Waals surface area contributed by atoms with Crippen molar-refractivity contribution >= 4 is 27.5 Å². The van der Waals surface area contributed by atoms with Gasteiger partial charge in [-0.3, -0.25) is 9.59 Å². The lowest BCUT2D eigenvalue weighted by Gasteiger charge is -2.49. The SMILES string of the molecule is CC(=O)Nc1ccc2c(c1)CN(CCNS(C)(=O)=O)C(=O)C21CCN([C@H]2CC[C@@H](C(C)C)CC2)CC1. The average Bonchev–Trinajstić information content (AvgIpc) is 2.81. The molecule has 1 spiro atoms. The highest BCUT2D eigenvalue weighted by Gasteiger charge is 2.49. The van der Waals surface area contributed by atoms with Crippen LogP contribution in [0.3, 0.4) is 0 Å². The molecule has 2 N–H and O–H groups in total. The van der Waals surface area contributed by atoms with Gasteiger partial charge >= 0.3 is 0 Å². The number of nitrogens with zero attached hydrogens (tertiary/aromatic N) is 2. The predicted octanol–water partition coefficient (Wildman–Crippen LogP) is 3.08. The van der Waals surface area contributed by atoms with Gasteiger partial charge in [-0.25, -0.2) is 13.1 Å². The van der Waals surface area contributed by atoms with Gasteiger partial charge in [0.05, 0.1) is 11.7 Å². The number of anilines is 1. The summed E-state index contributed by atoms with van der Waals surface area (Å²) in [4.78, 5) is 30.0. The van der Waals surface area contributed by atoms with Gasteiger partial charge in [0.25, 0.3) is 0 Å². The number of carbonyl (C=O) groups excluding carboxylic acids is 2. The van der Waals surface area contributed by atoms with Crippen molar-refractivity contribution in [1.82, 2.24) is 14.5 Å². The summed E-state index contributed by atoms with van der Waals surface area (Å²) in [6, 6.07) is 6.50. The number of carbonyl (C=O) groups is 2. The standard InChI is InChI=1S/C27H42N4O4S/c1-19(2)21-5-8-24(9-6-21)30-14-11-27(12-15-30)25-10-7-23(29-20(3)32)17-22(25)18-31(26(27)33)16-13-28-36(4,34)35/h7,10,17,19,21,24,28H,5-6,8-9,11-16,18H2,1-4H3,(H,29,32)/t21-,24+. The maximum atomic E-state index is 13.9. The first-order valence-corrected chi connectivity index (χ1v) is 15.3. The van der Waals surface area contributed by atoms with E-state index in [0.717, 1.165) is 60.8 Å². The molecule has 4 rings (SSSR count). The number of piperidine rings is 1. The number of benzene rings is 1. The van der Waals surface area contributed by atoms with E-state index in [-0.39, 0.29) is 18.4 Å². The molecule has 2 amide bonds. The molecule has 2 heterocycles. The van der Waals surface area contributed by atoms with Crippen LogP contribution in [-0.2, 0) is 31.6 Å². The van der Waals surface area contributed by atoms with Crippen molar-refractivity contribution in [3.05, 3.63) is 29.3 Å². The van der Waals surface area contributed by atoms with Crippen molar-refractivity contribution in [3.8, 4) is 0 Å². The number of hydrogen-bond acceptors (Lipinski definition) is 5. The van der Waals surface area contributed by atoms with Gasteiger partial charge in [0, 0.05) is 38.3 Å². The van der Waals surface area contributed by atoms with Crippen molar-refractivity contribution in [2.24, 2.45) is 11.8 Å². The zero-order valence-corrected chi connectivity index (χ0v) is 23.0. The third-order valence-electron chi connectivity index (χ3n) is 8.60. The topological polar surface area (TPSA) is 98.8 Å². The predicted molar refractivity (Wildman–Crippen MR) is 142 cm³/mol. The van der Waals surface area contributed by atoms with Crippen LogP contribution in [0.25, 0.3) is 0 Å². The van der Waals surface area contributed by atoms with E-state index in [1.807, 2.05) is 18.2 Å². The Kier molecular flexibility index (Phi) is 8.12. The molecule has 200 valence electrons. The Morgan fingerprint density at radius 1 is 1.14 bits per heavy atom. The number of sulfonamides is 1. The molecule has 1 aromatic rings. The molecule has 0 bridgehead atoms. The Labute approximate surface area is 216 Å². The van der Waals surface area contributed by atoms with Crippen LogP contribution in [0.2, 0.25) is 0 Å². The van der Waals surface area contributed by atoms with Gasteiger partial charge in [-0.15, -0.1) is 0 Å². The summed E-state index contributed by atoms with van der Waals surface area (Å²) in [6.45, 7) is 8.85. The van der Waals surface area contributed by atoms with Gasteiger partial charge in [0.1, 0.15) is 0 Å². The third kappa shape index (κ3) is 5.94. The van der Waals surface area contributed by atoms with Crippen LogP contribution < -0.4 is 10.0 Å². The zero-order valence-electron chi connectivity index (χ0n) is 22.2. The zero-order chi connectivity index (χ0) is 26.1. The Morgan fingerprint density at radius 2 is 1.81 bits per heavy atom. The van der Waals surface area contributed by atoms with E-state index in [2.05, 4.69) is 28.8 Å². The van der Waals surface area contributed by atoms with Crippen molar-refractivity contribution in [3.63, 3.8) is 0 Å². The third-order valence-corrected chi connectivity index (χ3v) is 9.33. The molecule has 0 unspecified atom stereocenters. The van der Waals surface area contributed by atoms with Gasteiger partial charge in [0.2, 0.25) is 21.8 Å². The average molecular weight is 519 g/mol. The van der Waals surface area contributed by atoms with Gasteiger partial charge < -0.3 is 15.1 Å². The molecule has 0 aromatic heterocycles. The van der Waals surface area contributed by atoms with Gasteiger partial charge in [-0.2, -0.15) is 0 Å². The maximum absolute atomic E-state index is 13.9. The normalized spacial score (nSPS) is 24.7. The van der Waals surface area contributed by atoms with Crippen molar-refractivity contribution in [1.29, 1.82) is 0 Å². The Hall–Kier alpha value is -1.97. The fourth-order valence-corrected chi connectivity index (χ4v) is 7.06. The lowest BCUT2D eigenvalue weighted by atomic mass is 9.67. The van der Waals surface area contributed by atoms with Gasteiger partial charge in [0.15, 0.2) is 0 Å². The summed E-state index contributed by atoms with van der Waals surface area (Å²) in [5.74, 6) is 1.54. The fraction of sp³-hybridized carbons (Fsp3) is 0.704. The van der Waals surface area contributed by atoms with Crippen LogP contribution in [0.4, 0.5) is 5.69 Å². The molecule has 0 radical (unpaired) electrons. The number of fused-ring (bicyclic) bond motifs is 2. The van der Waals surface area contributed by atoms with E-state index in [4.69, 9.17) is 0 Å². The van der Waals surface area contributed by atoms with Crippen LogP contribution in [-0.4, -0.2) is 68.5 Å². The van der Waals surface area contributed by atoms with Gasteiger partial charge in [-0.05, 0) is 86.7 Å². The molecule has 0 atom stereocenters. The highest BCUT2D eigenvalue weighted by molar-refractivity contribution is 7.88. The summed E-state index contributed by atoms with van der Waals surface area (Å²) in [6.07, 6.45) is 7.72. The van der Waals surface area contributed by atoms with E-state index in [9.17, 15) is 18.0 Å². The second-order valence-electron chi connectivity index (χ2n) is 11.4. The number of nitrogens with one attached hydrogen (secondary N) is 2. The minimum atomic E-state index is -3.33. The monoisotopic (exact) mass is 518 g/mol. The molecule has 1 saturated heterocycles. The van der Waals surface area contributed by atoms with Crippen LogP contribution in [0.1, 0.15) is 70.4 Å². The molecule has 9 heteroatoms. The molecule has 8 nitrogen and oxygen atoms in total. The number of amides is 2. The lowest BCUT2D eigenvalue weighted by molar-refractivity contribution is -0.142. The number of likely N-dealkylation sites (tertiary alicyclic amines) is 1. The smallest absolute Gasteiger partial charge is 0.233 e. The highest BCUT2D eigenvalue weighted by atomic mass is 32.2. The summed E-state index contributed by atoms with van der Waals surface area (Å²) in [5, 5.41) is 2.85.